The highest BCUT2D eigenvalue weighted by atomic mass is 35.5. The number of rotatable bonds is 6. The molecule has 0 saturated carbocycles. The lowest BCUT2D eigenvalue weighted by atomic mass is 9.89. The number of hydrogen-bond donors (Lipinski definition) is 2. The minimum Gasteiger partial charge on any atom is -0.493 e. The average molecular weight is 469 g/mol. The zero-order chi connectivity index (χ0) is 22.2. The molecule has 32 heavy (non-hydrogen) atoms. The molecule has 0 spiro atoms. The second kappa shape index (κ2) is 8.62. The third-order valence-corrected chi connectivity index (χ3v) is 6.48. The molecule has 0 fully saturated rings. The fourth-order valence-electron chi connectivity index (χ4n) is 4.30. The number of ketones is 1. The summed E-state index contributed by atoms with van der Waals surface area (Å²) in [5.41, 5.74) is 4.44. The van der Waals surface area contributed by atoms with Crippen molar-refractivity contribution in [1.82, 2.24) is 20.1 Å². The Morgan fingerprint density at radius 3 is 2.94 bits per heavy atom. The molecule has 0 bridgehead atoms. The fraction of sp³-hybridized carbons (Fsp3) is 0.250. The van der Waals surface area contributed by atoms with Crippen LogP contribution in [0.3, 0.4) is 0 Å². The van der Waals surface area contributed by atoms with Crippen LogP contribution in [0.1, 0.15) is 15.9 Å². The quantitative estimate of drug-likeness (QED) is 0.391. The van der Waals surface area contributed by atoms with E-state index in [1.807, 2.05) is 43.6 Å². The van der Waals surface area contributed by atoms with Crippen molar-refractivity contribution >= 4 is 39.9 Å². The molecule has 1 unspecified atom stereocenters. The van der Waals surface area contributed by atoms with E-state index in [1.165, 1.54) is 0 Å². The highest BCUT2D eigenvalue weighted by Gasteiger charge is 2.29. The van der Waals surface area contributed by atoms with Gasteiger partial charge in [-0.1, -0.05) is 35.3 Å². The molecule has 2 aromatic heterocycles. The van der Waals surface area contributed by atoms with Crippen LogP contribution in [-0.2, 0) is 13.0 Å². The molecular formula is C24H22Cl2N4O2. The summed E-state index contributed by atoms with van der Waals surface area (Å²) in [4.78, 5) is 13.6. The van der Waals surface area contributed by atoms with E-state index >= 15 is 0 Å². The molecule has 5 rings (SSSR count). The predicted octanol–water partition coefficient (Wildman–Crippen LogP) is 4.99. The monoisotopic (exact) mass is 468 g/mol. The van der Waals surface area contributed by atoms with Crippen LogP contribution in [0.4, 0.5) is 0 Å². The number of carbonyl (C=O) groups is 1. The van der Waals surface area contributed by atoms with E-state index in [0.717, 1.165) is 46.4 Å². The molecule has 6 nitrogen and oxygen atoms in total. The van der Waals surface area contributed by atoms with Crippen molar-refractivity contribution in [3.8, 4) is 16.9 Å². The average Bonchev–Trinajstić information content (AvgIpc) is 3.39. The van der Waals surface area contributed by atoms with Gasteiger partial charge in [0.15, 0.2) is 5.78 Å². The molecule has 2 aromatic carbocycles. The fourth-order valence-corrected chi connectivity index (χ4v) is 4.70. The SMILES string of the molecule is CNCCn1cc(C(=O)C2COc3ccc(Cl)cc3C2)c2ccc(-c3cn[nH]c3Cl)cc21. The topological polar surface area (TPSA) is 71.9 Å². The molecule has 0 aliphatic carbocycles. The number of aromatic amines is 1. The van der Waals surface area contributed by atoms with Gasteiger partial charge in [-0.05, 0) is 48.9 Å². The molecule has 8 heteroatoms. The van der Waals surface area contributed by atoms with Crippen LogP contribution in [0.15, 0.2) is 48.8 Å². The predicted molar refractivity (Wildman–Crippen MR) is 127 cm³/mol. The maximum absolute atomic E-state index is 13.6. The lowest BCUT2D eigenvalue weighted by Gasteiger charge is -2.24. The first-order valence-electron chi connectivity index (χ1n) is 10.5. The summed E-state index contributed by atoms with van der Waals surface area (Å²) in [5, 5.41) is 12.0. The second-order valence-electron chi connectivity index (χ2n) is 8.00. The molecule has 1 aliphatic rings. The smallest absolute Gasteiger partial charge is 0.171 e. The van der Waals surface area contributed by atoms with Crippen LogP contribution in [0.2, 0.25) is 10.2 Å². The molecule has 0 amide bonds. The number of hydrogen-bond acceptors (Lipinski definition) is 4. The number of benzene rings is 2. The van der Waals surface area contributed by atoms with Gasteiger partial charge in [0.1, 0.15) is 10.9 Å². The Labute approximate surface area is 195 Å². The molecule has 3 heterocycles. The third-order valence-electron chi connectivity index (χ3n) is 5.95. The zero-order valence-corrected chi connectivity index (χ0v) is 19.0. The van der Waals surface area contributed by atoms with E-state index in [9.17, 15) is 4.79 Å². The van der Waals surface area contributed by atoms with Gasteiger partial charge in [-0.15, -0.1) is 0 Å². The van der Waals surface area contributed by atoms with Crippen molar-refractivity contribution in [3.63, 3.8) is 0 Å². The number of nitrogens with one attached hydrogen (secondary N) is 2. The lowest BCUT2D eigenvalue weighted by Crippen LogP contribution is -2.28. The molecule has 4 aromatic rings. The van der Waals surface area contributed by atoms with Gasteiger partial charge in [-0.2, -0.15) is 5.10 Å². The van der Waals surface area contributed by atoms with E-state index in [4.69, 9.17) is 27.9 Å². The van der Waals surface area contributed by atoms with Crippen LogP contribution in [0.5, 0.6) is 5.75 Å². The summed E-state index contributed by atoms with van der Waals surface area (Å²) in [5.74, 6) is 0.627. The molecule has 1 aliphatic heterocycles. The Hall–Kier alpha value is -2.80. The highest BCUT2D eigenvalue weighted by molar-refractivity contribution is 6.32. The largest absolute Gasteiger partial charge is 0.493 e. The Bertz CT molecular complexity index is 1310. The molecule has 2 N–H and O–H groups in total. The van der Waals surface area contributed by atoms with Crippen molar-refractivity contribution in [2.24, 2.45) is 5.92 Å². The number of ether oxygens (including phenoxy) is 1. The van der Waals surface area contributed by atoms with E-state index < -0.39 is 0 Å². The van der Waals surface area contributed by atoms with Crippen LogP contribution in [-0.4, -0.2) is 40.7 Å². The Morgan fingerprint density at radius 1 is 1.28 bits per heavy atom. The van der Waals surface area contributed by atoms with Gasteiger partial charge in [0.25, 0.3) is 0 Å². The van der Waals surface area contributed by atoms with Crippen molar-refractivity contribution < 1.29 is 9.53 Å². The van der Waals surface area contributed by atoms with Gasteiger partial charge in [-0.25, -0.2) is 0 Å². The van der Waals surface area contributed by atoms with E-state index in [0.29, 0.717) is 28.8 Å². The number of fused-ring (bicyclic) bond motifs is 2. The number of nitrogens with zero attached hydrogens (tertiary/aromatic N) is 2. The van der Waals surface area contributed by atoms with Crippen LogP contribution >= 0.6 is 23.2 Å². The van der Waals surface area contributed by atoms with Gasteiger partial charge in [0.2, 0.25) is 0 Å². The van der Waals surface area contributed by atoms with Crippen molar-refractivity contribution in [2.75, 3.05) is 20.2 Å². The van der Waals surface area contributed by atoms with Gasteiger partial charge in [-0.3, -0.25) is 9.89 Å². The summed E-state index contributed by atoms with van der Waals surface area (Å²) in [7, 11) is 1.91. The third kappa shape index (κ3) is 3.79. The van der Waals surface area contributed by atoms with Gasteiger partial charge in [0, 0.05) is 46.3 Å². The van der Waals surface area contributed by atoms with Gasteiger partial charge >= 0.3 is 0 Å². The Kier molecular flexibility index (Phi) is 5.67. The second-order valence-corrected chi connectivity index (χ2v) is 8.81. The van der Waals surface area contributed by atoms with Crippen LogP contribution in [0.25, 0.3) is 22.0 Å². The highest BCUT2D eigenvalue weighted by Crippen LogP contribution is 2.34. The van der Waals surface area contributed by atoms with Crippen LogP contribution in [0, 0.1) is 5.92 Å². The Morgan fingerprint density at radius 2 is 2.16 bits per heavy atom. The van der Waals surface area contributed by atoms with Crippen molar-refractivity contribution in [1.29, 1.82) is 0 Å². The number of aromatic nitrogens is 3. The van der Waals surface area contributed by atoms with Gasteiger partial charge in [0.05, 0.1) is 18.7 Å². The first-order valence-corrected chi connectivity index (χ1v) is 11.2. The number of carbonyl (C=O) groups excluding carboxylic acids is 1. The first-order chi connectivity index (χ1) is 15.5. The minimum atomic E-state index is -0.257. The molecular weight excluding hydrogens is 447 g/mol. The number of likely N-dealkylation sites (N-methyl/N-ethyl adjacent to an activating group) is 1. The molecule has 0 radical (unpaired) electrons. The molecule has 1 atom stereocenters. The van der Waals surface area contributed by atoms with E-state index in [-0.39, 0.29) is 11.7 Å². The zero-order valence-electron chi connectivity index (χ0n) is 17.5. The number of halogens is 2. The summed E-state index contributed by atoms with van der Waals surface area (Å²) in [6, 6.07) is 11.6. The number of H-pyrrole nitrogens is 1. The Balaban J connectivity index is 1.53. The summed E-state index contributed by atoms with van der Waals surface area (Å²) in [6.45, 7) is 1.88. The summed E-state index contributed by atoms with van der Waals surface area (Å²) >= 11 is 12.4. The van der Waals surface area contributed by atoms with Crippen molar-refractivity contribution in [2.45, 2.75) is 13.0 Å². The standard InChI is InChI=1S/C24H22Cl2N4O2/c1-27-6-7-30-12-20(18-4-2-14(10-21(18)30)19-11-28-29-24(19)26)23(31)16-8-15-9-17(25)3-5-22(15)32-13-16/h2-5,9-12,16,27H,6-8,13H2,1H3,(H,28,29). The van der Waals surface area contributed by atoms with E-state index in [1.54, 1.807) is 6.20 Å². The summed E-state index contributed by atoms with van der Waals surface area (Å²) in [6.07, 6.45) is 4.28. The maximum atomic E-state index is 13.6. The maximum Gasteiger partial charge on any atom is 0.171 e. The van der Waals surface area contributed by atoms with Crippen molar-refractivity contribution in [3.05, 3.63) is 70.1 Å². The first kappa shape index (κ1) is 21.1. The lowest BCUT2D eigenvalue weighted by molar-refractivity contribution is 0.0856. The van der Waals surface area contributed by atoms with Crippen LogP contribution < -0.4 is 10.1 Å². The number of Topliss-reactive ketones (excluding diaryl/α,β-unsaturated/α-hetero) is 1. The van der Waals surface area contributed by atoms with E-state index in [2.05, 4.69) is 26.1 Å². The normalized spacial score (nSPS) is 15.5. The minimum absolute atomic E-state index is 0.0814. The summed E-state index contributed by atoms with van der Waals surface area (Å²) < 4.78 is 7.99. The van der Waals surface area contributed by atoms with Gasteiger partial charge < -0.3 is 14.6 Å². The molecule has 164 valence electrons. The molecule has 0 saturated heterocycles.